The molecule has 0 aliphatic heterocycles. The monoisotopic (exact) mass is 311 g/mol. The maximum absolute atomic E-state index is 13.6. The number of benzene rings is 1. The molecule has 0 bridgehead atoms. The smallest absolute Gasteiger partial charge is 0.187 e. The van der Waals surface area contributed by atoms with Crippen LogP contribution < -0.4 is 10.7 Å². The predicted molar refractivity (Wildman–Crippen MR) is 84.3 cm³/mol. The average Bonchev–Trinajstić information content (AvgIpc) is 2.48. The van der Waals surface area contributed by atoms with Crippen molar-refractivity contribution in [3.05, 3.63) is 35.4 Å². The maximum atomic E-state index is 13.6. The second-order valence-electron chi connectivity index (χ2n) is 5.24. The summed E-state index contributed by atoms with van der Waals surface area (Å²) in [4.78, 5) is 0. The lowest BCUT2D eigenvalue weighted by Gasteiger charge is -2.23. The van der Waals surface area contributed by atoms with Crippen molar-refractivity contribution in [2.75, 3.05) is 0 Å². The molecule has 0 aromatic heterocycles. The molecule has 0 heterocycles. The molecule has 1 aromatic carbocycles. The number of nitrogens with one attached hydrogen (secondary N) is 2. The zero-order valence-electron chi connectivity index (χ0n) is 12.0. The highest BCUT2D eigenvalue weighted by atomic mass is 32.1. The number of halogens is 2. The van der Waals surface area contributed by atoms with Gasteiger partial charge in [0, 0.05) is 11.6 Å². The van der Waals surface area contributed by atoms with Gasteiger partial charge >= 0.3 is 0 Å². The van der Waals surface area contributed by atoms with Gasteiger partial charge in [0.1, 0.15) is 11.6 Å². The van der Waals surface area contributed by atoms with Crippen LogP contribution in [-0.4, -0.2) is 16.9 Å². The zero-order chi connectivity index (χ0) is 15.2. The molecule has 2 rings (SSSR count). The Kier molecular flexibility index (Phi) is 5.61. The molecule has 21 heavy (non-hydrogen) atoms. The lowest BCUT2D eigenvalue weighted by atomic mass is 9.96. The van der Waals surface area contributed by atoms with Gasteiger partial charge in [0.15, 0.2) is 5.11 Å². The van der Waals surface area contributed by atoms with Crippen LogP contribution in [0.15, 0.2) is 23.3 Å². The van der Waals surface area contributed by atoms with Crippen molar-refractivity contribution in [3.8, 4) is 0 Å². The molecule has 114 valence electrons. The van der Waals surface area contributed by atoms with Gasteiger partial charge in [-0.1, -0.05) is 19.3 Å². The van der Waals surface area contributed by atoms with Crippen LogP contribution in [0, 0.1) is 11.6 Å². The predicted octanol–water partition coefficient (Wildman–Crippen LogP) is 3.49. The van der Waals surface area contributed by atoms with Crippen LogP contribution in [0.2, 0.25) is 0 Å². The molecular weight excluding hydrogens is 292 g/mol. The van der Waals surface area contributed by atoms with Crippen molar-refractivity contribution < 1.29 is 8.78 Å². The van der Waals surface area contributed by atoms with Crippen molar-refractivity contribution in [2.24, 2.45) is 5.10 Å². The number of hydrogen-bond acceptors (Lipinski definition) is 2. The zero-order valence-corrected chi connectivity index (χ0v) is 12.8. The van der Waals surface area contributed by atoms with E-state index in [4.69, 9.17) is 12.2 Å². The number of rotatable bonds is 3. The lowest BCUT2D eigenvalue weighted by Crippen LogP contribution is -2.41. The van der Waals surface area contributed by atoms with E-state index < -0.39 is 11.6 Å². The molecule has 0 atom stereocenters. The van der Waals surface area contributed by atoms with E-state index >= 15 is 0 Å². The first-order valence-electron chi connectivity index (χ1n) is 7.12. The highest BCUT2D eigenvalue weighted by molar-refractivity contribution is 7.80. The SMILES string of the molecule is C/C(=N/NC(=S)NC1CCCCC1)c1cc(F)ccc1F. The summed E-state index contributed by atoms with van der Waals surface area (Å²) < 4.78 is 26.7. The molecule has 1 aliphatic carbocycles. The molecule has 1 saturated carbocycles. The van der Waals surface area contributed by atoms with Gasteiger partial charge in [0.2, 0.25) is 0 Å². The van der Waals surface area contributed by atoms with Gasteiger partial charge < -0.3 is 5.32 Å². The molecule has 0 radical (unpaired) electrons. The Balaban J connectivity index is 1.93. The van der Waals surface area contributed by atoms with Crippen LogP contribution in [0.25, 0.3) is 0 Å². The summed E-state index contributed by atoms with van der Waals surface area (Å²) in [6.45, 7) is 1.61. The first-order chi connectivity index (χ1) is 10.1. The molecule has 3 nitrogen and oxygen atoms in total. The summed E-state index contributed by atoms with van der Waals surface area (Å²) in [7, 11) is 0. The minimum atomic E-state index is -0.509. The summed E-state index contributed by atoms with van der Waals surface area (Å²) >= 11 is 5.16. The molecular formula is C15H19F2N3S. The average molecular weight is 311 g/mol. The highest BCUT2D eigenvalue weighted by Gasteiger charge is 2.14. The Bertz CT molecular complexity index is 540. The van der Waals surface area contributed by atoms with E-state index in [1.165, 1.54) is 19.3 Å². The Morgan fingerprint density at radius 2 is 1.95 bits per heavy atom. The third kappa shape index (κ3) is 4.74. The summed E-state index contributed by atoms with van der Waals surface area (Å²) in [6.07, 6.45) is 5.88. The van der Waals surface area contributed by atoms with E-state index in [2.05, 4.69) is 15.8 Å². The summed E-state index contributed by atoms with van der Waals surface area (Å²) in [6, 6.07) is 3.66. The second kappa shape index (κ2) is 7.45. The Morgan fingerprint density at radius 1 is 1.24 bits per heavy atom. The minimum absolute atomic E-state index is 0.128. The van der Waals surface area contributed by atoms with E-state index in [1.807, 2.05) is 0 Å². The fourth-order valence-electron chi connectivity index (χ4n) is 2.43. The highest BCUT2D eigenvalue weighted by Crippen LogP contribution is 2.17. The van der Waals surface area contributed by atoms with E-state index in [0.717, 1.165) is 31.0 Å². The van der Waals surface area contributed by atoms with Crippen molar-refractivity contribution in [3.63, 3.8) is 0 Å². The molecule has 1 fully saturated rings. The molecule has 0 amide bonds. The number of thiocarbonyl (C=S) groups is 1. The summed E-state index contributed by atoms with van der Waals surface area (Å²) in [5.74, 6) is -1.01. The lowest BCUT2D eigenvalue weighted by molar-refractivity contribution is 0.412. The van der Waals surface area contributed by atoms with Crippen molar-refractivity contribution in [1.82, 2.24) is 10.7 Å². The van der Waals surface area contributed by atoms with Gasteiger partial charge in [0.05, 0.1) is 5.71 Å². The number of hydrazone groups is 1. The van der Waals surface area contributed by atoms with Crippen molar-refractivity contribution in [2.45, 2.75) is 45.1 Å². The van der Waals surface area contributed by atoms with Gasteiger partial charge in [-0.05, 0) is 50.2 Å². The summed E-state index contributed by atoms with van der Waals surface area (Å²) in [5.41, 5.74) is 3.17. The third-order valence-corrected chi connectivity index (χ3v) is 3.79. The molecule has 6 heteroatoms. The minimum Gasteiger partial charge on any atom is -0.359 e. The number of hydrogen-bond donors (Lipinski definition) is 2. The van der Waals surface area contributed by atoms with E-state index in [1.54, 1.807) is 6.92 Å². The maximum Gasteiger partial charge on any atom is 0.187 e. The largest absolute Gasteiger partial charge is 0.359 e. The van der Waals surface area contributed by atoms with Crippen molar-refractivity contribution in [1.29, 1.82) is 0 Å². The molecule has 1 aromatic rings. The van der Waals surface area contributed by atoms with E-state index in [0.29, 0.717) is 16.9 Å². The molecule has 1 aliphatic rings. The molecule has 0 saturated heterocycles. The van der Waals surface area contributed by atoms with Crippen LogP contribution in [-0.2, 0) is 0 Å². The molecule has 2 N–H and O–H groups in total. The van der Waals surface area contributed by atoms with Gasteiger partial charge in [-0.15, -0.1) is 0 Å². The van der Waals surface area contributed by atoms with Crippen LogP contribution in [0.3, 0.4) is 0 Å². The third-order valence-electron chi connectivity index (χ3n) is 3.58. The van der Waals surface area contributed by atoms with E-state index in [9.17, 15) is 8.78 Å². The second-order valence-corrected chi connectivity index (χ2v) is 5.65. The fourth-order valence-corrected chi connectivity index (χ4v) is 2.65. The van der Waals surface area contributed by atoms with Gasteiger partial charge in [0.25, 0.3) is 0 Å². The first-order valence-corrected chi connectivity index (χ1v) is 7.53. The standard InChI is InChI=1S/C15H19F2N3S/c1-10(13-9-11(16)7-8-14(13)17)19-20-15(21)18-12-5-3-2-4-6-12/h7-9,12H,2-6H2,1H3,(H2,18,20,21)/b19-10-. The van der Waals surface area contributed by atoms with Crippen LogP contribution in [0.5, 0.6) is 0 Å². The van der Waals surface area contributed by atoms with Gasteiger partial charge in [-0.3, -0.25) is 5.43 Å². The van der Waals surface area contributed by atoms with Crippen LogP contribution in [0.1, 0.15) is 44.6 Å². The first kappa shape index (κ1) is 15.8. The molecule has 0 spiro atoms. The fraction of sp³-hybridized carbons (Fsp3) is 0.467. The van der Waals surface area contributed by atoms with Crippen LogP contribution >= 0.6 is 12.2 Å². The van der Waals surface area contributed by atoms with E-state index in [-0.39, 0.29) is 5.56 Å². The Morgan fingerprint density at radius 3 is 2.67 bits per heavy atom. The topological polar surface area (TPSA) is 36.4 Å². The Labute approximate surface area is 128 Å². The summed E-state index contributed by atoms with van der Waals surface area (Å²) in [5, 5.41) is 7.63. The number of nitrogens with zero attached hydrogens (tertiary/aromatic N) is 1. The molecule has 0 unspecified atom stereocenters. The van der Waals surface area contributed by atoms with Gasteiger partial charge in [-0.2, -0.15) is 5.10 Å². The van der Waals surface area contributed by atoms with Gasteiger partial charge in [-0.25, -0.2) is 8.78 Å². The Hall–Kier alpha value is -1.56. The normalized spacial score (nSPS) is 16.6. The quantitative estimate of drug-likeness (QED) is 0.510. The van der Waals surface area contributed by atoms with Crippen molar-refractivity contribution >= 4 is 23.0 Å². The van der Waals surface area contributed by atoms with Crippen LogP contribution in [0.4, 0.5) is 8.78 Å².